The molecule has 0 aliphatic heterocycles. The van der Waals surface area contributed by atoms with Crippen molar-refractivity contribution in [1.82, 2.24) is 4.98 Å². The van der Waals surface area contributed by atoms with Gasteiger partial charge in [0, 0.05) is 16.1 Å². The maximum atomic E-state index is 10.4. The Morgan fingerprint density at radius 3 is 2.40 bits per heavy atom. The van der Waals surface area contributed by atoms with Crippen LogP contribution in [0.3, 0.4) is 0 Å². The molecule has 1 aromatic heterocycles. The highest BCUT2D eigenvalue weighted by Gasteiger charge is 2.11. The number of aliphatic hydroxyl groups is 1. The number of fused-ring (bicyclic) bond motifs is 1. The van der Waals surface area contributed by atoms with Crippen molar-refractivity contribution in [1.29, 1.82) is 0 Å². The number of pyridine rings is 1. The molecule has 1 N–H and O–H groups in total. The van der Waals surface area contributed by atoms with E-state index in [1.165, 1.54) is 0 Å². The SMILES string of the molecule is Cc1ccc2cc(C(O)c3ccc(Cl)cc3)ccc2n1. The van der Waals surface area contributed by atoms with Crippen LogP contribution in [0.2, 0.25) is 5.02 Å². The van der Waals surface area contributed by atoms with Crippen LogP contribution in [-0.2, 0) is 0 Å². The van der Waals surface area contributed by atoms with Crippen molar-refractivity contribution in [2.45, 2.75) is 13.0 Å². The summed E-state index contributed by atoms with van der Waals surface area (Å²) in [5.41, 5.74) is 3.61. The lowest BCUT2D eigenvalue weighted by molar-refractivity contribution is 0.220. The maximum Gasteiger partial charge on any atom is 0.104 e. The van der Waals surface area contributed by atoms with Crippen molar-refractivity contribution in [3.05, 3.63) is 76.4 Å². The molecule has 0 fully saturated rings. The number of aliphatic hydroxyl groups excluding tert-OH is 1. The third-order valence-electron chi connectivity index (χ3n) is 3.35. The van der Waals surface area contributed by atoms with E-state index in [-0.39, 0.29) is 0 Å². The highest BCUT2D eigenvalue weighted by Crippen LogP contribution is 2.26. The summed E-state index contributed by atoms with van der Waals surface area (Å²) in [5.74, 6) is 0. The van der Waals surface area contributed by atoms with Crippen molar-refractivity contribution < 1.29 is 5.11 Å². The number of aromatic nitrogens is 1. The molecular formula is C17H14ClNO. The molecule has 0 spiro atoms. The Balaban J connectivity index is 2.01. The fourth-order valence-electron chi connectivity index (χ4n) is 2.25. The van der Waals surface area contributed by atoms with E-state index in [0.717, 1.165) is 27.7 Å². The van der Waals surface area contributed by atoms with Crippen LogP contribution in [0.4, 0.5) is 0 Å². The van der Waals surface area contributed by atoms with Crippen LogP contribution in [0, 0.1) is 6.92 Å². The van der Waals surface area contributed by atoms with Crippen molar-refractivity contribution in [3.63, 3.8) is 0 Å². The zero-order chi connectivity index (χ0) is 14.1. The highest BCUT2D eigenvalue weighted by atomic mass is 35.5. The van der Waals surface area contributed by atoms with Gasteiger partial charge in [0.2, 0.25) is 0 Å². The quantitative estimate of drug-likeness (QED) is 0.761. The lowest BCUT2D eigenvalue weighted by atomic mass is 10.00. The Morgan fingerprint density at radius 1 is 0.950 bits per heavy atom. The summed E-state index contributed by atoms with van der Waals surface area (Å²) in [7, 11) is 0. The van der Waals surface area contributed by atoms with E-state index in [1.54, 1.807) is 12.1 Å². The van der Waals surface area contributed by atoms with Crippen molar-refractivity contribution in [2.75, 3.05) is 0 Å². The van der Waals surface area contributed by atoms with Gasteiger partial charge in [-0.15, -0.1) is 0 Å². The summed E-state index contributed by atoms with van der Waals surface area (Å²) in [4.78, 5) is 4.46. The molecule has 0 saturated heterocycles. The first-order valence-corrected chi connectivity index (χ1v) is 6.82. The number of benzene rings is 2. The van der Waals surface area contributed by atoms with E-state index in [1.807, 2.05) is 49.4 Å². The number of hydrogen-bond donors (Lipinski definition) is 1. The topological polar surface area (TPSA) is 33.1 Å². The van der Waals surface area contributed by atoms with E-state index < -0.39 is 6.10 Å². The van der Waals surface area contributed by atoms with Crippen molar-refractivity contribution in [3.8, 4) is 0 Å². The van der Waals surface area contributed by atoms with Crippen LogP contribution >= 0.6 is 11.6 Å². The molecule has 2 nitrogen and oxygen atoms in total. The largest absolute Gasteiger partial charge is 0.384 e. The Bertz CT molecular complexity index is 753. The summed E-state index contributed by atoms with van der Waals surface area (Å²) in [6.45, 7) is 1.97. The van der Waals surface area contributed by atoms with E-state index in [2.05, 4.69) is 4.98 Å². The van der Waals surface area contributed by atoms with Gasteiger partial charge in [-0.1, -0.05) is 35.9 Å². The first-order valence-electron chi connectivity index (χ1n) is 6.44. The molecule has 3 heteroatoms. The summed E-state index contributed by atoms with van der Waals surface area (Å²) < 4.78 is 0. The first kappa shape index (κ1) is 13.1. The lowest BCUT2D eigenvalue weighted by Crippen LogP contribution is -1.99. The van der Waals surface area contributed by atoms with E-state index >= 15 is 0 Å². The van der Waals surface area contributed by atoms with Gasteiger partial charge in [0.05, 0.1) is 5.52 Å². The predicted octanol–water partition coefficient (Wildman–Crippen LogP) is 4.28. The molecule has 0 saturated carbocycles. The van der Waals surface area contributed by atoms with Gasteiger partial charge in [-0.3, -0.25) is 4.98 Å². The van der Waals surface area contributed by atoms with Crippen LogP contribution in [0.5, 0.6) is 0 Å². The summed E-state index contributed by atoms with van der Waals surface area (Å²) >= 11 is 5.87. The number of rotatable bonds is 2. The number of hydrogen-bond acceptors (Lipinski definition) is 2. The Kier molecular flexibility index (Phi) is 3.43. The molecule has 1 unspecified atom stereocenters. The van der Waals surface area contributed by atoms with Gasteiger partial charge in [-0.05, 0) is 48.4 Å². The Labute approximate surface area is 122 Å². The second-order valence-electron chi connectivity index (χ2n) is 4.86. The predicted molar refractivity (Wildman–Crippen MR) is 82.0 cm³/mol. The maximum absolute atomic E-state index is 10.4. The number of halogens is 1. The highest BCUT2D eigenvalue weighted by molar-refractivity contribution is 6.30. The fourth-order valence-corrected chi connectivity index (χ4v) is 2.38. The Hall–Kier alpha value is -1.90. The van der Waals surface area contributed by atoms with Gasteiger partial charge in [0.25, 0.3) is 0 Å². The van der Waals surface area contributed by atoms with Crippen LogP contribution in [-0.4, -0.2) is 10.1 Å². The number of nitrogens with zero attached hydrogens (tertiary/aromatic N) is 1. The molecule has 3 rings (SSSR count). The molecule has 2 aromatic carbocycles. The van der Waals surface area contributed by atoms with E-state index in [0.29, 0.717) is 5.02 Å². The van der Waals surface area contributed by atoms with Gasteiger partial charge in [0.1, 0.15) is 6.10 Å². The molecule has 0 aliphatic rings. The summed E-state index contributed by atoms with van der Waals surface area (Å²) in [6.07, 6.45) is -0.655. The van der Waals surface area contributed by atoms with Crippen LogP contribution in [0.25, 0.3) is 10.9 Å². The number of aryl methyl sites for hydroxylation is 1. The monoisotopic (exact) mass is 283 g/mol. The summed E-state index contributed by atoms with van der Waals surface area (Å²) in [6, 6.07) is 17.1. The van der Waals surface area contributed by atoms with Crippen LogP contribution in [0.1, 0.15) is 22.9 Å². The first-order chi connectivity index (χ1) is 9.63. The molecule has 1 atom stereocenters. The minimum atomic E-state index is -0.655. The molecule has 1 heterocycles. The molecule has 0 aliphatic carbocycles. The molecule has 3 aromatic rings. The Morgan fingerprint density at radius 2 is 1.65 bits per heavy atom. The molecular weight excluding hydrogens is 270 g/mol. The minimum absolute atomic E-state index is 0.655. The van der Waals surface area contributed by atoms with Gasteiger partial charge in [-0.25, -0.2) is 0 Å². The fraction of sp³-hybridized carbons (Fsp3) is 0.118. The second-order valence-corrected chi connectivity index (χ2v) is 5.30. The lowest BCUT2D eigenvalue weighted by Gasteiger charge is -2.12. The molecule has 100 valence electrons. The third-order valence-corrected chi connectivity index (χ3v) is 3.61. The van der Waals surface area contributed by atoms with E-state index in [9.17, 15) is 5.11 Å². The second kappa shape index (κ2) is 5.23. The van der Waals surface area contributed by atoms with Gasteiger partial charge >= 0.3 is 0 Å². The van der Waals surface area contributed by atoms with Crippen LogP contribution < -0.4 is 0 Å². The van der Waals surface area contributed by atoms with Gasteiger partial charge in [-0.2, -0.15) is 0 Å². The zero-order valence-electron chi connectivity index (χ0n) is 11.0. The van der Waals surface area contributed by atoms with Crippen LogP contribution in [0.15, 0.2) is 54.6 Å². The molecule has 0 bridgehead atoms. The molecule has 20 heavy (non-hydrogen) atoms. The van der Waals surface area contributed by atoms with Crippen molar-refractivity contribution >= 4 is 22.5 Å². The standard InChI is InChI=1S/C17H14ClNO/c1-11-2-3-13-10-14(6-9-16(13)19-11)17(20)12-4-7-15(18)8-5-12/h2-10,17,20H,1H3. The third kappa shape index (κ3) is 2.53. The molecule has 0 radical (unpaired) electrons. The molecule has 0 amide bonds. The van der Waals surface area contributed by atoms with E-state index in [4.69, 9.17) is 11.6 Å². The normalized spacial score (nSPS) is 12.6. The van der Waals surface area contributed by atoms with Crippen molar-refractivity contribution in [2.24, 2.45) is 0 Å². The average Bonchev–Trinajstić information content (AvgIpc) is 2.47. The smallest absolute Gasteiger partial charge is 0.104 e. The minimum Gasteiger partial charge on any atom is -0.384 e. The van der Waals surface area contributed by atoms with Gasteiger partial charge < -0.3 is 5.11 Å². The zero-order valence-corrected chi connectivity index (χ0v) is 11.8. The average molecular weight is 284 g/mol. The van der Waals surface area contributed by atoms with Gasteiger partial charge in [0.15, 0.2) is 0 Å². The summed E-state index contributed by atoms with van der Waals surface area (Å²) in [5, 5.41) is 12.1.